The number of hydrogen-bond acceptors (Lipinski definition) is 18. The van der Waals surface area contributed by atoms with Crippen LogP contribution in [0, 0.1) is 0 Å². The molecule has 0 spiro atoms. The van der Waals surface area contributed by atoms with Gasteiger partial charge in [-0.1, -0.05) is 166 Å². The van der Waals surface area contributed by atoms with Crippen molar-refractivity contribution in [2.75, 3.05) is 13.1 Å². The molecule has 26 nitrogen and oxygen atoms in total. The summed E-state index contributed by atoms with van der Waals surface area (Å²) in [7, 11) is 0. The van der Waals surface area contributed by atoms with E-state index in [0.29, 0.717) is 0 Å². The zero-order chi connectivity index (χ0) is 60.0. The predicted molar refractivity (Wildman–Crippen MR) is 304 cm³/mol. The molecular weight excluding hydrogens is 1110 g/mol. The van der Waals surface area contributed by atoms with E-state index in [0.717, 1.165) is 16.7 Å². The van der Waals surface area contributed by atoms with Crippen molar-refractivity contribution in [3.05, 3.63) is 257 Å². The maximum atomic E-state index is 14.3. The number of carbonyl (C=O) groups is 3. The Kier molecular flexibility index (Phi) is 22.1. The summed E-state index contributed by atoms with van der Waals surface area (Å²) in [6.07, 6.45) is -20.9. The van der Waals surface area contributed by atoms with E-state index in [1.54, 1.807) is 54.6 Å². The minimum atomic E-state index is -2.01. The van der Waals surface area contributed by atoms with E-state index in [9.17, 15) is 41.6 Å². The van der Waals surface area contributed by atoms with Crippen molar-refractivity contribution in [1.82, 2.24) is 0 Å². The number of ether oxygens (including phenoxy) is 10. The highest BCUT2D eigenvalue weighted by molar-refractivity contribution is 5.91. The molecule has 1 N–H and O–H groups in total. The van der Waals surface area contributed by atoms with E-state index in [-0.39, 0.29) is 49.5 Å². The molecule has 0 bridgehead atoms. The van der Waals surface area contributed by atoms with Crippen LogP contribution in [0.2, 0.25) is 0 Å². The molecule has 15 atom stereocenters. The van der Waals surface area contributed by atoms with Crippen LogP contribution in [0.3, 0.4) is 0 Å². The van der Waals surface area contributed by atoms with E-state index in [2.05, 4.69) is 40.1 Å². The second-order valence-electron chi connectivity index (χ2n) is 19.9. The van der Waals surface area contributed by atoms with E-state index in [4.69, 9.17) is 47.4 Å². The SMILES string of the molecule is [N-]=[N+]=NC[C@@H]1O[C@H](O[C@@H]2[C@@H](O)[C@H](O[C@H]3O[C@H](CN=[N+]=[N-])[C@@H](OCc4ccccc4)[C@H](OCc4ccccc4)[C@H]3OCc3ccccc3)[C@@H](N=[N+]=[N-])C[C@H]2N=[N+]=[N-])[C@@H](OC(=O)c2ccccc2)[C@H](OC(=O)c2ccccc2)[C@H]1OC(=O)c1ccccc1. The zero-order valence-corrected chi connectivity index (χ0v) is 45.8. The molecular formula is C60H58N12O14. The molecule has 2 saturated heterocycles. The number of esters is 3. The number of azide groups is 4. The van der Waals surface area contributed by atoms with Gasteiger partial charge in [-0.15, -0.1) is 0 Å². The minimum absolute atomic E-state index is 0.0118. The van der Waals surface area contributed by atoms with Gasteiger partial charge in [-0.3, -0.25) is 0 Å². The van der Waals surface area contributed by atoms with E-state index in [1.807, 2.05) is 91.0 Å². The zero-order valence-electron chi connectivity index (χ0n) is 45.8. The van der Waals surface area contributed by atoms with Gasteiger partial charge in [-0.05, 0) is 81.6 Å². The first-order valence-corrected chi connectivity index (χ1v) is 27.3. The summed E-state index contributed by atoms with van der Waals surface area (Å²) in [6.45, 7) is -0.891. The van der Waals surface area contributed by atoms with Gasteiger partial charge in [0.25, 0.3) is 0 Å². The van der Waals surface area contributed by atoms with Crippen LogP contribution in [0.25, 0.3) is 41.8 Å². The Morgan fingerprint density at radius 1 is 0.419 bits per heavy atom. The second kappa shape index (κ2) is 31.0. The number of hydrogen-bond donors (Lipinski definition) is 1. The molecule has 1 saturated carbocycles. The highest BCUT2D eigenvalue weighted by atomic mass is 16.7. The highest BCUT2D eigenvalue weighted by Gasteiger charge is 2.57. The summed E-state index contributed by atoms with van der Waals surface area (Å²) >= 11 is 0. The fourth-order valence-electron chi connectivity index (χ4n) is 10.2. The van der Waals surface area contributed by atoms with Crippen LogP contribution in [-0.4, -0.2) is 128 Å². The molecule has 0 unspecified atom stereocenters. The third-order valence-electron chi connectivity index (χ3n) is 14.3. The summed E-state index contributed by atoms with van der Waals surface area (Å²) in [4.78, 5) is 54.6. The predicted octanol–water partition coefficient (Wildman–Crippen LogP) is 10.4. The molecule has 6 aromatic carbocycles. The number of benzene rings is 6. The maximum Gasteiger partial charge on any atom is 0.338 e. The Morgan fingerprint density at radius 2 is 0.756 bits per heavy atom. The second-order valence-corrected chi connectivity index (χ2v) is 19.9. The van der Waals surface area contributed by atoms with Crippen molar-refractivity contribution in [2.24, 2.45) is 20.5 Å². The first-order chi connectivity index (χ1) is 42.2. The quantitative estimate of drug-likeness (QED) is 0.0183. The third-order valence-corrected chi connectivity index (χ3v) is 14.3. The van der Waals surface area contributed by atoms with Crippen molar-refractivity contribution < 1.29 is 66.9 Å². The summed E-state index contributed by atoms with van der Waals surface area (Å²) in [5.74, 6) is -2.92. The number of carbonyl (C=O) groups excluding carboxylic acids is 3. The lowest BCUT2D eigenvalue weighted by molar-refractivity contribution is -0.347. The molecule has 6 aromatic rings. The van der Waals surface area contributed by atoms with E-state index < -0.39 is 116 Å². The summed E-state index contributed by atoms with van der Waals surface area (Å²) in [6, 6.07) is 48.1. The van der Waals surface area contributed by atoms with Gasteiger partial charge in [0.1, 0.15) is 30.5 Å². The van der Waals surface area contributed by atoms with Crippen molar-refractivity contribution in [3.63, 3.8) is 0 Å². The third kappa shape index (κ3) is 15.9. The van der Waals surface area contributed by atoms with Gasteiger partial charge in [0.05, 0.1) is 80.0 Å². The van der Waals surface area contributed by atoms with Crippen molar-refractivity contribution in [2.45, 2.75) is 118 Å². The van der Waals surface area contributed by atoms with E-state index in [1.165, 1.54) is 36.4 Å². The average molecular weight is 1170 g/mol. The number of aliphatic hydroxyl groups excluding tert-OH is 1. The molecule has 2 heterocycles. The standard InChI is InChI=1S/C60H58N12O14/c61-69-65-32-45-50(77-34-37-19-7-1-8-20-37)52(78-35-38-21-9-2-10-22-38)54(79-36-39-23-11-3-12-24-39)59(80-45)85-48-43(67-71-63)31-44(68-72-64)49(47(48)73)86-60-55(84-58(76)42-29-17-6-18-30-42)53(83-57(75)41-27-15-5-16-28-41)51(46(81-60)33-66-70-62)82-56(74)40-25-13-4-14-26-40/h1-30,43-55,59-60,73H,31-36H2/t43-,44+,45+,46-,47-,48+,49-,50+,51-,52-,53+,54+,55-,59+,60+/m0/s1. The Hall–Kier alpha value is -9.35. The van der Waals surface area contributed by atoms with Crippen LogP contribution in [0.1, 0.15) is 54.2 Å². The first-order valence-electron chi connectivity index (χ1n) is 27.3. The lowest BCUT2D eigenvalue weighted by Gasteiger charge is -2.50. The minimum Gasteiger partial charge on any atom is -0.452 e. The molecule has 0 aromatic heterocycles. The number of aliphatic hydroxyl groups is 1. The molecule has 2 aliphatic heterocycles. The van der Waals surface area contributed by atoms with E-state index >= 15 is 0 Å². The lowest BCUT2D eigenvalue weighted by Crippen LogP contribution is -2.66. The maximum absolute atomic E-state index is 14.3. The molecule has 442 valence electrons. The van der Waals surface area contributed by atoms with Crippen LogP contribution in [0.4, 0.5) is 0 Å². The Morgan fingerprint density at radius 3 is 1.15 bits per heavy atom. The number of rotatable bonds is 25. The molecule has 3 aliphatic rings. The van der Waals surface area contributed by atoms with Crippen LogP contribution < -0.4 is 0 Å². The molecule has 26 heteroatoms. The van der Waals surface area contributed by atoms with Gasteiger partial charge in [0.2, 0.25) is 0 Å². The van der Waals surface area contributed by atoms with Crippen LogP contribution in [-0.2, 0) is 67.2 Å². The van der Waals surface area contributed by atoms with Crippen LogP contribution in [0.5, 0.6) is 0 Å². The Bertz CT molecular complexity index is 3370. The molecule has 86 heavy (non-hydrogen) atoms. The highest BCUT2D eigenvalue weighted by Crippen LogP contribution is 2.39. The summed E-state index contributed by atoms with van der Waals surface area (Å²) < 4.78 is 65.5. The number of nitrogens with zero attached hydrogens (tertiary/aromatic N) is 12. The fourth-order valence-corrected chi connectivity index (χ4v) is 10.2. The Balaban J connectivity index is 1.12. The average Bonchev–Trinajstić information content (AvgIpc) is 1.37. The monoisotopic (exact) mass is 1170 g/mol. The molecule has 9 rings (SSSR count). The van der Waals surface area contributed by atoms with Gasteiger partial charge >= 0.3 is 17.9 Å². The topological polar surface area (TPSA) is 359 Å². The van der Waals surface area contributed by atoms with Crippen molar-refractivity contribution >= 4 is 17.9 Å². The van der Waals surface area contributed by atoms with Crippen molar-refractivity contribution in [3.8, 4) is 0 Å². The van der Waals surface area contributed by atoms with Crippen LogP contribution in [0.15, 0.2) is 202 Å². The molecule has 1 aliphatic carbocycles. The van der Waals surface area contributed by atoms with Crippen molar-refractivity contribution in [1.29, 1.82) is 0 Å². The van der Waals surface area contributed by atoms with Gasteiger partial charge in [0.15, 0.2) is 30.9 Å². The van der Waals surface area contributed by atoms with Gasteiger partial charge < -0.3 is 52.5 Å². The van der Waals surface area contributed by atoms with Crippen LogP contribution >= 0.6 is 0 Å². The fraction of sp³-hybridized carbons (Fsp3) is 0.350. The first kappa shape index (κ1) is 61.2. The molecule has 3 fully saturated rings. The largest absolute Gasteiger partial charge is 0.452 e. The van der Waals surface area contributed by atoms with Gasteiger partial charge in [-0.25, -0.2) is 14.4 Å². The summed E-state index contributed by atoms with van der Waals surface area (Å²) in [5, 5.41) is 28.5. The molecule has 0 amide bonds. The van der Waals surface area contributed by atoms with Gasteiger partial charge in [-0.2, -0.15) is 0 Å². The lowest BCUT2D eigenvalue weighted by atomic mass is 9.84. The normalized spacial score (nSPS) is 26.8. The smallest absolute Gasteiger partial charge is 0.338 e. The van der Waals surface area contributed by atoms with Gasteiger partial charge in [0, 0.05) is 19.6 Å². The molecule has 0 radical (unpaired) electrons. The summed E-state index contributed by atoms with van der Waals surface area (Å²) in [5.41, 5.74) is 42.0. The Labute approximate surface area is 491 Å².